The highest BCUT2D eigenvalue weighted by molar-refractivity contribution is 6.12. The Morgan fingerprint density at radius 2 is 1.74 bits per heavy atom. The number of hydrogen-bond acceptors (Lipinski definition) is 5. The quantitative estimate of drug-likeness (QED) is 0.205. The van der Waals surface area contributed by atoms with E-state index in [1.165, 1.54) is 12.1 Å². The Balaban J connectivity index is 0.00000198. The maximum absolute atomic E-state index is 13.6. The minimum atomic E-state index is -0.373. The summed E-state index contributed by atoms with van der Waals surface area (Å²) in [6, 6.07) is 17.2. The summed E-state index contributed by atoms with van der Waals surface area (Å²) < 4.78 is 25.8. The van der Waals surface area contributed by atoms with Gasteiger partial charge in [0.2, 0.25) is 0 Å². The number of rotatable bonds is 9. The van der Waals surface area contributed by atoms with Crippen LogP contribution in [0.25, 0.3) is 33.4 Å². The Bertz CT molecular complexity index is 1520. The molecule has 0 unspecified atom stereocenters. The molecule has 5 rings (SSSR count). The van der Waals surface area contributed by atoms with Crippen LogP contribution in [-0.2, 0) is 0 Å². The van der Waals surface area contributed by atoms with Crippen LogP contribution in [0.1, 0.15) is 61.3 Å². The minimum absolute atomic E-state index is 0.173. The fraction of sp³-hybridized carbons (Fsp3) is 0.353. The molecule has 222 valence electrons. The average molecular weight is 574 g/mol. The Morgan fingerprint density at radius 1 is 1.00 bits per heavy atom. The predicted octanol–water partition coefficient (Wildman–Crippen LogP) is 6.81. The van der Waals surface area contributed by atoms with Crippen LogP contribution in [-0.4, -0.2) is 44.6 Å². The summed E-state index contributed by atoms with van der Waals surface area (Å²) in [7, 11) is 1.56. The van der Waals surface area contributed by atoms with Gasteiger partial charge in [0, 0.05) is 36.1 Å². The predicted molar refractivity (Wildman–Crippen MR) is 165 cm³/mol. The summed E-state index contributed by atoms with van der Waals surface area (Å²) in [5.74, 6) is 0.424. The van der Waals surface area contributed by atoms with Crippen molar-refractivity contribution in [1.29, 1.82) is 0 Å². The molecule has 1 aliphatic rings. The molecule has 2 heterocycles. The molecule has 1 fully saturated rings. The Kier molecular flexibility index (Phi) is 10.4. The third-order valence-electron chi connectivity index (χ3n) is 7.03. The number of hydrogen-bond donors (Lipinski definition) is 3. The lowest BCUT2D eigenvalue weighted by atomic mass is 9.98. The number of ether oxygens (including phenoxy) is 1. The second-order valence-electron chi connectivity index (χ2n) is 10.6. The van der Waals surface area contributed by atoms with Crippen molar-refractivity contribution in [1.82, 2.24) is 16.0 Å². The second kappa shape index (κ2) is 14.1. The standard InChI is InChI=1S/C32H34FN3O4.C2H6/c1-19(2)17-36-31(37)23-13-22(14-26(15-23)39-18-25-5-4-12-35-25)21-8-11-28-27(16-21)29(32(38)34-3)30(40-28)20-6-9-24(33)10-7-20;1-2/h6-11,13-16,19,25,35H,4-5,12,17-18H2,1-3H3,(H,34,38)(H,36,37);1-2H3/t25-;/m0./s1. The van der Waals surface area contributed by atoms with Gasteiger partial charge in [-0.1, -0.05) is 33.8 Å². The van der Waals surface area contributed by atoms with Crippen LogP contribution in [0.15, 0.2) is 65.1 Å². The van der Waals surface area contributed by atoms with E-state index in [0.717, 1.165) is 30.5 Å². The van der Waals surface area contributed by atoms with E-state index >= 15 is 0 Å². The second-order valence-corrected chi connectivity index (χ2v) is 10.6. The molecule has 0 aliphatic carbocycles. The number of carbonyl (C=O) groups is 2. The smallest absolute Gasteiger partial charge is 0.255 e. The maximum Gasteiger partial charge on any atom is 0.255 e. The van der Waals surface area contributed by atoms with Gasteiger partial charge in [-0.3, -0.25) is 9.59 Å². The summed E-state index contributed by atoms with van der Waals surface area (Å²) in [5, 5.41) is 9.72. The van der Waals surface area contributed by atoms with E-state index in [2.05, 4.69) is 16.0 Å². The maximum atomic E-state index is 13.6. The van der Waals surface area contributed by atoms with E-state index in [1.54, 1.807) is 31.3 Å². The molecule has 0 spiro atoms. The van der Waals surface area contributed by atoms with E-state index < -0.39 is 0 Å². The normalized spacial score (nSPS) is 14.4. The molecule has 3 N–H and O–H groups in total. The fourth-order valence-electron chi connectivity index (χ4n) is 4.91. The van der Waals surface area contributed by atoms with E-state index in [-0.39, 0.29) is 23.7 Å². The lowest BCUT2D eigenvalue weighted by Gasteiger charge is -2.15. The number of amides is 2. The zero-order valence-electron chi connectivity index (χ0n) is 25.0. The lowest BCUT2D eigenvalue weighted by molar-refractivity contribution is 0.0945. The van der Waals surface area contributed by atoms with E-state index in [0.29, 0.717) is 58.2 Å². The SMILES string of the molecule is CC.CNC(=O)c1c(-c2ccc(F)cc2)oc2ccc(-c3cc(OC[C@@H]4CCCN4)cc(C(=O)NCC(C)C)c3)cc12. The van der Waals surface area contributed by atoms with Gasteiger partial charge >= 0.3 is 0 Å². The van der Waals surface area contributed by atoms with Gasteiger partial charge in [0.15, 0.2) is 0 Å². The summed E-state index contributed by atoms with van der Waals surface area (Å²) in [4.78, 5) is 26.1. The van der Waals surface area contributed by atoms with Gasteiger partial charge < -0.3 is 25.1 Å². The van der Waals surface area contributed by atoms with E-state index in [4.69, 9.17) is 9.15 Å². The van der Waals surface area contributed by atoms with Gasteiger partial charge in [0.25, 0.3) is 11.8 Å². The molecule has 1 aromatic heterocycles. The van der Waals surface area contributed by atoms with Crippen LogP contribution in [0, 0.1) is 11.7 Å². The Morgan fingerprint density at radius 3 is 2.40 bits per heavy atom. The summed E-state index contributed by atoms with van der Waals surface area (Å²) in [6.07, 6.45) is 2.17. The molecular weight excluding hydrogens is 533 g/mol. The zero-order chi connectivity index (χ0) is 30.2. The van der Waals surface area contributed by atoms with Gasteiger partial charge in [-0.05, 0) is 91.0 Å². The molecule has 2 amide bonds. The number of furan rings is 1. The van der Waals surface area contributed by atoms with Crippen molar-refractivity contribution < 1.29 is 23.1 Å². The number of fused-ring (bicyclic) bond motifs is 1. The molecule has 1 aliphatic heterocycles. The first-order chi connectivity index (χ1) is 20.3. The molecule has 0 radical (unpaired) electrons. The number of nitrogens with one attached hydrogen (secondary N) is 3. The Labute approximate surface area is 246 Å². The molecule has 42 heavy (non-hydrogen) atoms. The van der Waals surface area contributed by atoms with Crippen LogP contribution in [0.3, 0.4) is 0 Å². The van der Waals surface area contributed by atoms with Gasteiger partial charge in [-0.25, -0.2) is 4.39 Å². The number of carbonyl (C=O) groups excluding carboxylic acids is 2. The molecule has 1 atom stereocenters. The molecule has 0 bridgehead atoms. The zero-order valence-corrected chi connectivity index (χ0v) is 25.0. The summed E-state index contributed by atoms with van der Waals surface area (Å²) in [5.41, 5.74) is 3.56. The van der Waals surface area contributed by atoms with Crippen molar-refractivity contribution in [2.45, 2.75) is 46.6 Å². The third-order valence-corrected chi connectivity index (χ3v) is 7.03. The monoisotopic (exact) mass is 573 g/mol. The average Bonchev–Trinajstić information content (AvgIpc) is 3.67. The van der Waals surface area contributed by atoms with Crippen molar-refractivity contribution in [2.24, 2.45) is 5.92 Å². The van der Waals surface area contributed by atoms with Crippen LogP contribution in [0.2, 0.25) is 0 Å². The van der Waals surface area contributed by atoms with Gasteiger partial charge in [-0.2, -0.15) is 0 Å². The van der Waals surface area contributed by atoms with Crippen LogP contribution in [0.5, 0.6) is 5.75 Å². The molecule has 3 aromatic carbocycles. The third kappa shape index (κ3) is 7.18. The molecule has 7 nitrogen and oxygen atoms in total. The lowest BCUT2D eigenvalue weighted by Crippen LogP contribution is -2.28. The van der Waals surface area contributed by atoms with Gasteiger partial charge in [-0.15, -0.1) is 0 Å². The van der Waals surface area contributed by atoms with Gasteiger partial charge in [0.1, 0.15) is 29.5 Å². The van der Waals surface area contributed by atoms with Crippen molar-refractivity contribution in [2.75, 3.05) is 26.7 Å². The van der Waals surface area contributed by atoms with Crippen molar-refractivity contribution in [3.8, 4) is 28.2 Å². The van der Waals surface area contributed by atoms with E-state index in [1.807, 2.05) is 52.0 Å². The molecule has 4 aromatic rings. The highest BCUT2D eigenvalue weighted by atomic mass is 19.1. The number of halogens is 1. The molecular formula is C34H40FN3O4. The summed E-state index contributed by atoms with van der Waals surface area (Å²) >= 11 is 0. The van der Waals surface area contributed by atoms with Crippen LogP contribution >= 0.6 is 0 Å². The molecule has 1 saturated heterocycles. The first kappa shape index (κ1) is 30.8. The number of benzene rings is 3. The van der Waals surface area contributed by atoms with Gasteiger partial charge in [0.05, 0.1) is 5.56 Å². The molecule has 0 saturated carbocycles. The van der Waals surface area contributed by atoms with Crippen molar-refractivity contribution in [3.05, 3.63) is 77.6 Å². The van der Waals surface area contributed by atoms with Crippen LogP contribution in [0.4, 0.5) is 4.39 Å². The highest BCUT2D eigenvalue weighted by Crippen LogP contribution is 2.37. The Hall–Kier alpha value is -4.17. The fourth-order valence-corrected chi connectivity index (χ4v) is 4.91. The van der Waals surface area contributed by atoms with Crippen molar-refractivity contribution >= 4 is 22.8 Å². The topological polar surface area (TPSA) is 92.6 Å². The molecule has 8 heteroatoms. The van der Waals surface area contributed by atoms with Crippen molar-refractivity contribution in [3.63, 3.8) is 0 Å². The van der Waals surface area contributed by atoms with E-state index in [9.17, 15) is 14.0 Å². The highest BCUT2D eigenvalue weighted by Gasteiger charge is 2.23. The minimum Gasteiger partial charge on any atom is -0.492 e. The van der Waals surface area contributed by atoms with Crippen LogP contribution < -0.4 is 20.7 Å². The first-order valence-electron chi connectivity index (χ1n) is 14.7. The largest absolute Gasteiger partial charge is 0.492 e. The first-order valence-corrected chi connectivity index (χ1v) is 14.7. The summed E-state index contributed by atoms with van der Waals surface area (Å²) in [6.45, 7) is 10.1.